The zero-order valence-corrected chi connectivity index (χ0v) is 21.0. The summed E-state index contributed by atoms with van der Waals surface area (Å²) in [6, 6.07) is 6.92. The van der Waals surface area contributed by atoms with Crippen LogP contribution in [0.15, 0.2) is 29.4 Å². The van der Waals surface area contributed by atoms with Crippen LogP contribution in [0.3, 0.4) is 0 Å². The zero-order valence-electron chi connectivity index (χ0n) is 20.2. The average molecular weight is 567 g/mol. The predicted octanol–water partition coefficient (Wildman–Crippen LogP) is 7.06. The molecular formula is C23H30F8N2O3S. The van der Waals surface area contributed by atoms with Crippen molar-refractivity contribution in [3.05, 3.63) is 24.3 Å². The fourth-order valence-electron chi connectivity index (χ4n) is 3.18. The summed E-state index contributed by atoms with van der Waals surface area (Å²) in [5, 5.41) is 6.41. The van der Waals surface area contributed by atoms with E-state index in [0.717, 1.165) is 25.7 Å². The van der Waals surface area contributed by atoms with Crippen LogP contribution in [0.5, 0.6) is 5.75 Å². The third-order valence-electron chi connectivity index (χ3n) is 5.23. The molecule has 1 atom stereocenters. The number of hydrogen-bond acceptors (Lipinski definition) is 6. The van der Waals surface area contributed by atoms with Crippen molar-refractivity contribution in [1.29, 1.82) is 0 Å². The summed E-state index contributed by atoms with van der Waals surface area (Å²) in [5.41, 5.74) is 0.611. The largest absolute Gasteiger partial charge is 0.489 e. The number of para-hydroxylation sites is 2. The number of anilines is 1. The van der Waals surface area contributed by atoms with E-state index in [1.165, 1.54) is 11.8 Å². The van der Waals surface area contributed by atoms with Gasteiger partial charge in [-0.25, -0.2) is 4.39 Å². The summed E-state index contributed by atoms with van der Waals surface area (Å²) >= 11 is 1.31. The topological polar surface area (TPSA) is 43.3 Å². The summed E-state index contributed by atoms with van der Waals surface area (Å²) < 4.78 is 118. The Kier molecular flexibility index (Phi) is 12.2. The number of hydrazone groups is 1. The van der Waals surface area contributed by atoms with Gasteiger partial charge in [0.15, 0.2) is 0 Å². The molecule has 0 radical (unpaired) electrons. The molecule has 1 aliphatic heterocycles. The van der Waals surface area contributed by atoms with Gasteiger partial charge in [0.25, 0.3) is 0 Å². The second kappa shape index (κ2) is 14.4. The second-order valence-electron chi connectivity index (χ2n) is 8.19. The molecule has 0 spiro atoms. The number of thioether (sulfide) groups is 1. The van der Waals surface area contributed by atoms with Gasteiger partial charge in [-0.2, -0.15) is 35.8 Å². The smallest absolute Gasteiger partial charge is 0.459 e. The number of rotatable bonds is 17. The standard InChI is InChI=1S/C23H30F8N2O3S/c1-2-3-4-5-8-17(24)20-32-33(16-37-20)18-9-6-7-10-19(18)36-14-13-34-11-12-35-15-21(25,26)22(27,28)23(29,30)31/h6-7,9-10,17H,2-5,8,11-16H2,1H3. The molecule has 0 saturated heterocycles. The van der Waals surface area contributed by atoms with E-state index >= 15 is 0 Å². The molecule has 2 rings (SSSR count). The van der Waals surface area contributed by atoms with Crippen molar-refractivity contribution in [1.82, 2.24) is 0 Å². The number of ether oxygens (including phenoxy) is 3. The maximum atomic E-state index is 14.5. The summed E-state index contributed by atoms with van der Waals surface area (Å²) in [6.07, 6.45) is -3.20. The molecule has 1 aliphatic rings. The highest BCUT2D eigenvalue weighted by Crippen LogP contribution is 2.46. The Hall–Kier alpha value is -1.80. The van der Waals surface area contributed by atoms with Gasteiger partial charge in [-0.1, -0.05) is 56.5 Å². The molecule has 1 heterocycles. The lowest BCUT2D eigenvalue weighted by atomic mass is 10.1. The van der Waals surface area contributed by atoms with Crippen LogP contribution in [-0.4, -0.2) is 68.1 Å². The van der Waals surface area contributed by atoms with E-state index < -0.39 is 37.4 Å². The molecule has 14 heteroatoms. The predicted molar refractivity (Wildman–Crippen MR) is 126 cm³/mol. The maximum Gasteiger partial charge on any atom is 0.459 e. The Morgan fingerprint density at radius 1 is 0.946 bits per heavy atom. The number of benzene rings is 1. The SMILES string of the molecule is CCCCCCC(F)C1=NN(c2ccccc2OCCOCCOCC(F)(F)C(F)(F)C(F)(F)F)CS1. The highest BCUT2D eigenvalue weighted by atomic mass is 32.2. The van der Waals surface area contributed by atoms with Crippen molar-refractivity contribution in [2.75, 3.05) is 43.9 Å². The van der Waals surface area contributed by atoms with Crippen LogP contribution >= 0.6 is 11.8 Å². The number of hydrogen-bond donors (Lipinski definition) is 0. The van der Waals surface area contributed by atoms with Crippen LogP contribution in [0.4, 0.5) is 40.8 Å². The summed E-state index contributed by atoms with van der Waals surface area (Å²) in [4.78, 5) is 0. The van der Waals surface area contributed by atoms with Crippen molar-refractivity contribution in [2.24, 2.45) is 5.10 Å². The van der Waals surface area contributed by atoms with Gasteiger partial charge in [-0.3, -0.25) is 5.01 Å². The Balaban J connectivity index is 1.73. The van der Waals surface area contributed by atoms with Gasteiger partial charge < -0.3 is 14.2 Å². The van der Waals surface area contributed by atoms with Gasteiger partial charge in [0.2, 0.25) is 0 Å². The lowest BCUT2D eigenvalue weighted by Gasteiger charge is -2.27. The number of alkyl halides is 8. The molecule has 1 unspecified atom stereocenters. The van der Waals surface area contributed by atoms with Crippen LogP contribution < -0.4 is 9.75 Å². The van der Waals surface area contributed by atoms with Gasteiger partial charge in [0, 0.05) is 0 Å². The Bertz CT molecular complexity index is 858. The quantitative estimate of drug-likeness (QED) is 0.149. The average Bonchev–Trinajstić information content (AvgIpc) is 3.33. The van der Waals surface area contributed by atoms with E-state index in [-0.39, 0.29) is 19.8 Å². The van der Waals surface area contributed by atoms with Crippen LogP contribution in [0.1, 0.15) is 39.0 Å². The first kappa shape index (κ1) is 31.4. The molecule has 1 aromatic rings. The molecule has 0 amide bonds. The molecule has 212 valence electrons. The molecule has 0 fully saturated rings. The number of halogens is 8. The Morgan fingerprint density at radius 2 is 1.62 bits per heavy atom. The lowest BCUT2D eigenvalue weighted by Crippen LogP contribution is -2.54. The van der Waals surface area contributed by atoms with Gasteiger partial charge in [0.05, 0.1) is 25.7 Å². The molecule has 0 N–H and O–H groups in total. The van der Waals surface area contributed by atoms with Crippen LogP contribution in [0.25, 0.3) is 0 Å². The molecule has 0 aliphatic carbocycles. The summed E-state index contributed by atoms with van der Waals surface area (Å²) in [7, 11) is 0. The molecular weight excluding hydrogens is 536 g/mol. The highest BCUT2D eigenvalue weighted by molar-refractivity contribution is 8.14. The summed E-state index contributed by atoms with van der Waals surface area (Å²) in [6.45, 7) is -0.998. The Labute approximate surface area is 214 Å². The van der Waals surface area contributed by atoms with Gasteiger partial charge in [-0.15, -0.1) is 0 Å². The first-order chi connectivity index (χ1) is 17.4. The van der Waals surface area contributed by atoms with Gasteiger partial charge in [0.1, 0.15) is 35.9 Å². The maximum absolute atomic E-state index is 14.5. The molecule has 0 aromatic heterocycles. The van der Waals surface area contributed by atoms with Gasteiger partial charge >= 0.3 is 18.0 Å². The zero-order chi connectivity index (χ0) is 27.5. The minimum Gasteiger partial charge on any atom is -0.489 e. The fourth-order valence-corrected chi connectivity index (χ4v) is 4.08. The molecule has 0 bridgehead atoms. The van der Waals surface area contributed by atoms with Crippen LogP contribution in [-0.2, 0) is 9.47 Å². The van der Waals surface area contributed by atoms with Crippen molar-refractivity contribution in [2.45, 2.75) is 63.2 Å². The van der Waals surface area contributed by atoms with E-state index in [0.29, 0.717) is 28.8 Å². The van der Waals surface area contributed by atoms with E-state index in [1.807, 2.05) is 0 Å². The lowest BCUT2D eigenvalue weighted by molar-refractivity contribution is -0.361. The van der Waals surface area contributed by atoms with Crippen molar-refractivity contribution in [3.8, 4) is 5.75 Å². The molecule has 0 saturated carbocycles. The third kappa shape index (κ3) is 9.17. The van der Waals surface area contributed by atoms with Crippen molar-refractivity contribution < 1.29 is 49.3 Å². The van der Waals surface area contributed by atoms with Crippen LogP contribution in [0, 0.1) is 0 Å². The Morgan fingerprint density at radius 3 is 2.32 bits per heavy atom. The normalized spacial score (nSPS) is 15.7. The minimum absolute atomic E-state index is 0.0139. The van der Waals surface area contributed by atoms with E-state index in [9.17, 15) is 35.1 Å². The summed E-state index contributed by atoms with van der Waals surface area (Å²) in [5.74, 6) is -10.8. The third-order valence-corrected chi connectivity index (χ3v) is 6.24. The van der Waals surface area contributed by atoms with E-state index in [2.05, 4.69) is 16.8 Å². The first-order valence-electron chi connectivity index (χ1n) is 11.7. The molecule has 37 heavy (non-hydrogen) atoms. The second-order valence-corrected chi connectivity index (χ2v) is 9.15. The van der Waals surface area contributed by atoms with Crippen molar-refractivity contribution >= 4 is 22.5 Å². The van der Waals surface area contributed by atoms with Crippen molar-refractivity contribution in [3.63, 3.8) is 0 Å². The number of nitrogens with zero attached hydrogens (tertiary/aromatic N) is 2. The number of unbranched alkanes of at least 4 members (excludes halogenated alkanes) is 3. The highest BCUT2D eigenvalue weighted by Gasteiger charge is 2.72. The van der Waals surface area contributed by atoms with E-state index in [4.69, 9.17) is 9.47 Å². The van der Waals surface area contributed by atoms with Gasteiger partial charge in [-0.05, 0) is 18.6 Å². The molecule has 5 nitrogen and oxygen atoms in total. The van der Waals surface area contributed by atoms with Crippen LogP contribution in [0.2, 0.25) is 0 Å². The first-order valence-corrected chi connectivity index (χ1v) is 12.7. The van der Waals surface area contributed by atoms with E-state index in [1.54, 1.807) is 29.3 Å². The fraction of sp³-hybridized carbons (Fsp3) is 0.696. The minimum atomic E-state index is -6.40. The molecule has 1 aromatic carbocycles. The monoisotopic (exact) mass is 566 g/mol.